The number of thioether (sulfide) groups is 1. The molecule has 2 aromatic heterocycles. The molecule has 0 radical (unpaired) electrons. The maximum Gasteiger partial charge on any atom is 0.304 e. The Morgan fingerprint density at radius 3 is 2.65 bits per heavy atom. The van der Waals surface area contributed by atoms with Crippen LogP contribution in [0.3, 0.4) is 0 Å². The van der Waals surface area contributed by atoms with E-state index in [9.17, 15) is 4.79 Å². The van der Waals surface area contributed by atoms with Crippen molar-refractivity contribution in [1.29, 1.82) is 0 Å². The smallest absolute Gasteiger partial charge is 0.304 e. The Bertz CT molecular complexity index is 653. The molecule has 3 rings (SSSR count). The summed E-state index contributed by atoms with van der Waals surface area (Å²) in [6, 6.07) is 4.28. The molecule has 1 N–H and O–H groups in total. The predicted octanol–water partition coefficient (Wildman–Crippen LogP) is 3.41. The molecule has 0 spiro atoms. The maximum absolute atomic E-state index is 10.7. The second-order valence-electron chi connectivity index (χ2n) is 5.70. The minimum Gasteiger partial charge on any atom is -0.481 e. The lowest BCUT2D eigenvalue weighted by Gasteiger charge is -2.25. The third kappa shape index (κ3) is 3.90. The first-order valence-corrected chi connectivity index (χ1v) is 8.94. The van der Waals surface area contributed by atoms with E-state index in [4.69, 9.17) is 5.11 Å². The van der Waals surface area contributed by atoms with Crippen molar-refractivity contribution < 1.29 is 9.90 Å². The van der Waals surface area contributed by atoms with Crippen molar-refractivity contribution in [1.82, 2.24) is 19.7 Å². The van der Waals surface area contributed by atoms with Crippen LogP contribution in [0.4, 0.5) is 0 Å². The number of pyridine rings is 1. The van der Waals surface area contributed by atoms with Gasteiger partial charge in [-0.15, -0.1) is 10.2 Å². The maximum atomic E-state index is 10.7. The van der Waals surface area contributed by atoms with Crippen molar-refractivity contribution in [3.05, 3.63) is 24.5 Å². The van der Waals surface area contributed by atoms with Crippen LogP contribution in [0.25, 0.3) is 11.4 Å². The van der Waals surface area contributed by atoms with Crippen LogP contribution >= 0.6 is 11.8 Å². The molecule has 0 saturated heterocycles. The number of hydrogen-bond donors (Lipinski definition) is 1. The second-order valence-corrected chi connectivity index (χ2v) is 6.76. The quantitative estimate of drug-likeness (QED) is 0.816. The summed E-state index contributed by atoms with van der Waals surface area (Å²) in [7, 11) is 0. The number of carboxylic acid groups (broad SMARTS) is 1. The summed E-state index contributed by atoms with van der Waals surface area (Å²) >= 11 is 1.48. The lowest BCUT2D eigenvalue weighted by molar-refractivity contribution is -0.136. The SMILES string of the molecule is O=C(O)CCSc1nnc(-c2ccncc2)n1C1CCCCC1. The molecule has 122 valence electrons. The van der Waals surface area contributed by atoms with Gasteiger partial charge in [-0.1, -0.05) is 31.0 Å². The standard InChI is InChI=1S/C16H20N4O2S/c21-14(22)8-11-23-16-19-18-15(12-6-9-17-10-7-12)20(16)13-4-2-1-3-5-13/h6-7,9-10,13H,1-5,8,11H2,(H,21,22). The number of carbonyl (C=O) groups is 1. The number of hydrogen-bond acceptors (Lipinski definition) is 5. The van der Waals surface area contributed by atoms with Crippen molar-refractivity contribution in [2.75, 3.05) is 5.75 Å². The molecule has 0 bridgehead atoms. The molecular weight excluding hydrogens is 312 g/mol. The van der Waals surface area contributed by atoms with E-state index in [1.165, 1.54) is 31.0 Å². The third-order valence-corrected chi connectivity index (χ3v) is 5.03. The van der Waals surface area contributed by atoms with Crippen LogP contribution in [-0.4, -0.2) is 36.6 Å². The Morgan fingerprint density at radius 1 is 1.22 bits per heavy atom. The van der Waals surface area contributed by atoms with Gasteiger partial charge in [-0.05, 0) is 25.0 Å². The minimum absolute atomic E-state index is 0.132. The van der Waals surface area contributed by atoms with E-state index >= 15 is 0 Å². The van der Waals surface area contributed by atoms with Crippen molar-refractivity contribution in [3.63, 3.8) is 0 Å². The number of aromatic nitrogens is 4. The summed E-state index contributed by atoms with van der Waals surface area (Å²) in [4.78, 5) is 14.8. The fourth-order valence-corrected chi connectivity index (χ4v) is 3.90. The normalized spacial score (nSPS) is 15.7. The topological polar surface area (TPSA) is 80.9 Å². The first-order valence-electron chi connectivity index (χ1n) is 7.95. The van der Waals surface area contributed by atoms with Crippen LogP contribution in [0, 0.1) is 0 Å². The van der Waals surface area contributed by atoms with Gasteiger partial charge in [0.15, 0.2) is 11.0 Å². The molecule has 1 saturated carbocycles. The molecule has 0 atom stereocenters. The molecule has 1 aliphatic carbocycles. The van der Waals surface area contributed by atoms with Gasteiger partial charge in [-0.25, -0.2) is 0 Å². The van der Waals surface area contributed by atoms with Crippen LogP contribution < -0.4 is 0 Å². The number of carboxylic acids is 1. The predicted molar refractivity (Wildman–Crippen MR) is 88.4 cm³/mol. The largest absolute Gasteiger partial charge is 0.481 e. The van der Waals surface area contributed by atoms with Crippen LogP contribution in [0.5, 0.6) is 0 Å². The Hall–Kier alpha value is -1.89. The average Bonchev–Trinajstić information content (AvgIpc) is 3.00. The highest BCUT2D eigenvalue weighted by molar-refractivity contribution is 7.99. The lowest BCUT2D eigenvalue weighted by Crippen LogP contribution is -2.15. The number of aliphatic carboxylic acids is 1. The average molecular weight is 332 g/mol. The zero-order chi connectivity index (χ0) is 16.1. The zero-order valence-electron chi connectivity index (χ0n) is 12.9. The summed E-state index contributed by atoms with van der Waals surface area (Å²) in [5, 5.41) is 18.4. The van der Waals surface area contributed by atoms with Crippen molar-refractivity contribution in [2.45, 2.75) is 49.7 Å². The monoisotopic (exact) mass is 332 g/mol. The molecule has 1 fully saturated rings. The molecular formula is C16H20N4O2S. The van der Waals surface area contributed by atoms with Crippen LogP contribution in [0.2, 0.25) is 0 Å². The van der Waals surface area contributed by atoms with E-state index in [1.807, 2.05) is 12.1 Å². The molecule has 2 aromatic rings. The van der Waals surface area contributed by atoms with Gasteiger partial charge in [0.05, 0.1) is 6.42 Å². The van der Waals surface area contributed by atoms with Gasteiger partial charge in [0.1, 0.15) is 0 Å². The number of rotatable bonds is 6. The molecule has 0 aromatic carbocycles. The summed E-state index contributed by atoms with van der Waals surface area (Å²) < 4.78 is 2.21. The lowest BCUT2D eigenvalue weighted by atomic mass is 9.95. The molecule has 2 heterocycles. The minimum atomic E-state index is -0.782. The summed E-state index contributed by atoms with van der Waals surface area (Å²) in [5.74, 6) is 0.587. The first-order chi connectivity index (χ1) is 11.3. The van der Waals surface area contributed by atoms with Crippen LogP contribution in [-0.2, 0) is 4.79 Å². The highest BCUT2D eigenvalue weighted by atomic mass is 32.2. The van der Waals surface area contributed by atoms with E-state index in [1.54, 1.807) is 12.4 Å². The molecule has 6 nitrogen and oxygen atoms in total. The third-order valence-electron chi connectivity index (χ3n) is 4.09. The molecule has 23 heavy (non-hydrogen) atoms. The van der Waals surface area contributed by atoms with Crippen molar-refractivity contribution in [2.24, 2.45) is 0 Å². The summed E-state index contributed by atoms with van der Waals surface area (Å²) in [5.41, 5.74) is 1.00. The van der Waals surface area contributed by atoms with E-state index in [2.05, 4.69) is 19.7 Å². The highest BCUT2D eigenvalue weighted by Gasteiger charge is 2.23. The van der Waals surface area contributed by atoms with Gasteiger partial charge in [-0.3, -0.25) is 14.3 Å². The second kappa shape index (κ2) is 7.59. The van der Waals surface area contributed by atoms with E-state index < -0.39 is 5.97 Å². The molecule has 0 unspecified atom stereocenters. The Morgan fingerprint density at radius 2 is 1.96 bits per heavy atom. The Balaban J connectivity index is 1.89. The van der Waals surface area contributed by atoms with Crippen molar-refractivity contribution in [3.8, 4) is 11.4 Å². The van der Waals surface area contributed by atoms with Gasteiger partial charge in [0.25, 0.3) is 0 Å². The Labute approximate surface area is 139 Å². The van der Waals surface area contributed by atoms with Crippen molar-refractivity contribution >= 4 is 17.7 Å². The molecule has 1 aliphatic rings. The highest BCUT2D eigenvalue weighted by Crippen LogP contribution is 2.35. The molecule has 7 heteroatoms. The van der Waals surface area contributed by atoms with E-state index in [0.29, 0.717) is 11.8 Å². The zero-order valence-corrected chi connectivity index (χ0v) is 13.7. The first kappa shape index (κ1) is 16.0. The summed E-state index contributed by atoms with van der Waals surface area (Å²) in [6.45, 7) is 0. The van der Waals surface area contributed by atoms with Gasteiger partial charge >= 0.3 is 5.97 Å². The van der Waals surface area contributed by atoms with E-state index in [-0.39, 0.29) is 6.42 Å². The van der Waals surface area contributed by atoms with Gasteiger partial charge in [0, 0.05) is 29.8 Å². The molecule has 0 aliphatic heterocycles. The van der Waals surface area contributed by atoms with Gasteiger partial charge in [0.2, 0.25) is 0 Å². The van der Waals surface area contributed by atoms with E-state index in [0.717, 1.165) is 29.4 Å². The van der Waals surface area contributed by atoms with Gasteiger partial charge in [-0.2, -0.15) is 0 Å². The van der Waals surface area contributed by atoms with Crippen LogP contribution in [0.1, 0.15) is 44.6 Å². The fourth-order valence-electron chi connectivity index (χ4n) is 2.97. The van der Waals surface area contributed by atoms with Gasteiger partial charge < -0.3 is 5.11 Å². The fraction of sp³-hybridized carbons (Fsp3) is 0.500. The summed E-state index contributed by atoms with van der Waals surface area (Å²) in [6.07, 6.45) is 9.62. The molecule has 0 amide bonds. The number of nitrogens with zero attached hydrogens (tertiary/aromatic N) is 4. The Kier molecular flexibility index (Phi) is 5.27. The van der Waals surface area contributed by atoms with Crippen LogP contribution in [0.15, 0.2) is 29.7 Å².